The Morgan fingerprint density at radius 2 is 1.33 bits per heavy atom. The van der Waals surface area contributed by atoms with Gasteiger partial charge in [0, 0.05) is 23.0 Å². The Bertz CT molecular complexity index is 146. The minimum atomic E-state index is -0.702. The van der Waals surface area contributed by atoms with E-state index in [2.05, 4.69) is 0 Å². The van der Waals surface area contributed by atoms with Gasteiger partial charge in [0.05, 0.1) is 24.9 Å². The van der Waals surface area contributed by atoms with Gasteiger partial charge in [-0.25, -0.2) is 0 Å². The van der Waals surface area contributed by atoms with Gasteiger partial charge in [0.25, 0.3) is 0 Å². The third-order valence-electron chi connectivity index (χ3n) is 1.50. The van der Waals surface area contributed by atoms with E-state index in [0.29, 0.717) is 23.0 Å². The van der Waals surface area contributed by atoms with Gasteiger partial charge < -0.3 is 20.4 Å². The third kappa shape index (κ3) is 10.8. The highest BCUT2D eigenvalue weighted by molar-refractivity contribution is 8.00. The van der Waals surface area contributed by atoms with Crippen molar-refractivity contribution in [1.29, 1.82) is 0 Å². The largest absolute Gasteiger partial charge is 0.394 e. The topological polar surface area (TPSA) is 80.9 Å². The van der Waals surface area contributed by atoms with Crippen molar-refractivity contribution in [3.8, 4) is 0 Å². The van der Waals surface area contributed by atoms with E-state index in [1.165, 1.54) is 23.5 Å². The van der Waals surface area contributed by atoms with Gasteiger partial charge in [-0.2, -0.15) is 23.5 Å². The van der Waals surface area contributed by atoms with Crippen LogP contribution in [0.3, 0.4) is 0 Å². The monoisotopic (exact) mass is 256 g/mol. The molecule has 0 saturated heterocycles. The van der Waals surface area contributed by atoms with Gasteiger partial charge in [-0.15, -0.1) is 0 Å². The summed E-state index contributed by atoms with van der Waals surface area (Å²) in [5.74, 6) is 2.20. The molecule has 0 radical (unpaired) electrons. The molecular formula is C9H20O4S2. The Morgan fingerprint density at radius 1 is 0.867 bits per heavy atom. The first kappa shape index (κ1) is 15.5. The summed E-state index contributed by atoms with van der Waals surface area (Å²) in [6.07, 6.45) is -1.47. The summed E-state index contributed by atoms with van der Waals surface area (Å²) in [4.78, 5) is 0. The molecule has 0 aliphatic heterocycles. The maximum atomic E-state index is 9.48. The van der Waals surface area contributed by atoms with E-state index in [4.69, 9.17) is 15.3 Å². The standard InChI is InChI=1S/C9H20O4S2/c1-7(11)3-14-5-9(13)6-15-4-8(12)2-10/h7-13H,2-6H2,1H3. The van der Waals surface area contributed by atoms with Gasteiger partial charge in [0.1, 0.15) is 0 Å². The van der Waals surface area contributed by atoms with Crippen molar-refractivity contribution in [3.63, 3.8) is 0 Å². The van der Waals surface area contributed by atoms with E-state index in [1.54, 1.807) is 6.92 Å². The Morgan fingerprint density at radius 3 is 1.80 bits per heavy atom. The molecule has 0 saturated carbocycles. The number of hydrogen-bond donors (Lipinski definition) is 4. The molecule has 0 bridgehead atoms. The van der Waals surface area contributed by atoms with Crippen LogP contribution in [-0.4, -0.2) is 68.4 Å². The SMILES string of the molecule is CC(O)CSCC(O)CSCC(O)CO. The van der Waals surface area contributed by atoms with Crippen molar-refractivity contribution in [2.75, 3.05) is 29.6 Å². The minimum Gasteiger partial charge on any atom is -0.394 e. The first-order valence-corrected chi connectivity index (χ1v) is 7.17. The third-order valence-corrected chi connectivity index (χ3v) is 4.08. The van der Waals surface area contributed by atoms with Crippen LogP contribution in [0.4, 0.5) is 0 Å². The number of aliphatic hydroxyl groups is 4. The first-order valence-electron chi connectivity index (χ1n) is 4.86. The summed E-state index contributed by atoms with van der Waals surface area (Å²) in [5, 5.41) is 36.0. The maximum absolute atomic E-state index is 9.48. The zero-order chi connectivity index (χ0) is 11.7. The van der Waals surface area contributed by atoms with Crippen molar-refractivity contribution >= 4 is 23.5 Å². The molecule has 0 spiro atoms. The summed E-state index contributed by atoms with van der Waals surface area (Å²) in [6.45, 7) is 1.48. The van der Waals surface area contributed by atoms with Crippen molar-refractivity contribution in [2.45, 2.75) is 25.2 Å². The molecule has 4 N–H and O–H groups in total. The number of aliphatic hydroxyl groups excluding tert-OH is 4. The van der Waals surface area contributed by atoms with E-state index in [9.17, 15) is 5.11 Å². The highest BCUT2D eigenvalue weighted by atomic mass is 32.2. The second-order valence-electron chi connectivity index (χ2n) is 3.41. The number of rotatable bonds is 9. The molecule has 0 heterocycles. The van der Waals surface area contributed by atoms with Crippen LogP contribution in [0, 0.1) is 0 Å². The molecule has 0 amide bonds. The van der Waals surface area contributed by atoms with Gasteiger partial charge in [-0.05, 0) is 6.92 Å². The van der Waals surface area contributed by atoms with Crippen molar-refractivity contribution < 1.29 is 20.4 Å². The van der Waals surface area contributed by atoms with Crippen LogP contribution >= 0.6 is 23.5 Å². The lowest BCUT2D eigenvalue weighted by atomic mass is 10.4. The highest BCUT2D eigenvalue weighted by Crippen LogP contribution is 2.10. The molecule has 3 unspecified atom stereocenters. The van der Waals surface area contributed by atoms with Gasteiger partial charge in [0.2, 0.25) is 0 Å². The van der Waals surface area contributed by atoms with Gasteiger partial charge in [0.15, 0.2) is 0 Å². The van der Waals surface area contributed by atoms with Crippen molar-refractivity contribution in [1.82, 2.24) is 0 Å². The summed E-state index contributed by atoms with van der Waals surface area (Å²) in [5.41, 5.74) is 0. The van der Waals surface area contributed by atoms with Crippen LogP contribution in [0.5, 0.6) is 0 Å². The average Bonchev–Trinajstić information content (AvgIpc) is 2.17. The van der Waals surface area contributed by atoms with E-state index < -0.39 is 12.2 Å². The molecule has 0 rings (SSSR count). The molecule has 0 aliphatic carbocycles. The highest BCUT2D eigenvalue weighted by Gasteiger charge is 2.08. The summed E-state index contributed by atoms with van der Waals surface area (Å²) in [7, 11) is 0. The lowest BCUT2D eigenvalue weighted by Gasteiger charge is -2.12. The van der Waals surface area contributed by atoms with E-state index >= 15 is 0 Å². The second-order valence-corrected chi connectivity index (χ2v) is 5.56. The van der Waals surface area contributed by atoms with Crippen LogP contribution in [0.2, 0.25) is 0 Å². The lowest BCUT2D eigenvalue weighted by Crippen LogP contribution is -2.19. The Balaban J connectivity index is 3.29. The van der Waals surface area contributed by atoms with E-state index in [0.717, 1.165) is 0 Å². The van der Waals surface area contributed by atoms with Crippen LogP contribution in [0.15, 0.2) is 0 Å². The molecule has 0 aromatic heterocycles. The van der Waals surface area contributed by atoms with Crippen molar-refractivity contribution in [3.05, 3.63) is 0 Å². The minimum absolute atomic E-state index is 0.236. The van der Waals surface area contributed by atoms with Crippen molar-refractivity contribution in [2.24, 2.45) is 0 Å². The number of hydrogen-bond acceptors (Lipinski definition) is 6. The molecule has 6 heteroatoms. The number of thioether (sulfide) groups is 2. The molecule has 3 atom stereocenters. The first-order chi connectivity index (χ1) is 7.06. The van der Waals surface area contributed by atoms with E-state index in [1.807, 2.05) is 0 Å². The molecule has 0 aromatic rings. The van der Waals surface area contributed by atoms with Crippen LogP contribution in [0.1, 0.15) is 6.92 Å². The van der Waals surface area contributed by atoms with E-state index in [-0.39, 0.29) is 12.7 Å². The summed E-state index contributed by atoms with van der Waals surface area (Å²) >= 11 is 2.93. The predicted octanol–water partition coefficient (Wildman–Crippen LogP) is -0.452. The fourth-order valence-corrected chi connectivity index (χ4v) is 2.74. The fourth-order valence-electron chi connectivity index (χ4n) is 0.816. The Kier molecular flexibility index (Phi) is 10.1. The molecule has 0 aromatic carbocycles. The zero-order valence-electron chi connectivity index (χ0n) is 8.87. The average molecular weight is 256 g/mol. The van der Waals surface area contributed by atoms with Gasteiger partial charge >= 0.3 is 0 Å². The molecule has 92 valence electrons. The second kappa shape index (κ2) is 9.74. The molecule has 15 heavy (non-hydrogen) atoms. The predicted molar refractivity (Wildman–Crippen MR) is 65.4 cm³/mol. The summed E-state index contributed by atoms with van der Waals surface area (Å²) < 4.78 is 0. The zero-order valence-corrected chi connectivity index (χ0v) is 10.5. The maximum Gasteiger partial charge on any atom is 0.0861 e. The smallest absolute Gasteiger partial charge is 0.0861 e. The lowest BCUT2D eigenvalue weighted by molar-refractivity contribution is 0.113. The normalized spacial score (nSPS) is 17.4. The Hall–Kier alpha value is 0.540. The van der Waals surface area contributed by atoms with Crippen LogP contribution in [0.25, 0.3) is 0 Å². The van der Waals surface area contributed by atoms with Crippen LogP contribution < -0.4 is 0 Å². The quantitative estimate of drug-likeness (QED) is 0.447. The molecular weight excluding hydrogens is 236 g/mol. The molecule has 4 nitrogen and oxygen atoms in total. The van der Waals surface area contributed by atoms with Crippen LogP contribution in [-0.2, 0) is 0 Å². The van der Waals surface area contributed by atoms with Gasteiger partial charge in [-0.3, -0.25) is 0 Å². The fraction of sp³-hybridized carbons (Fsp3) is 1.00. The molecule has 0 fully saturated rings. The Labute approximate surface area is 99.1 Å². The molecule has 0 aliphatic rings. The van der Waals surface area contributed by atoms with Gasteiger partial charge in [-0.1, -0.05) is 0 Å². The summed E-state index contributed by atoms with van der Waals surface area (Å²) in [6, 6.07) is 0.